The van der Waals surface area contributed by atoms with E-state index in [1.54, 1.807) is 24.3 Å². The van der Waals surface area contributed by atoms with Gasteiger partial charge in [0.2, 0.25) is 0 Å². The average molecular weight is 441 g/mol. The minimum atomic E-state index is -3.76. The molecule has 162 valence electrons. The van der Waals surface area contributed by atoms with Crippen LogP contribution in [-0.2, 0) is 14.8 Å². The van der Waals surface area contributed by atoms with E-state index in [2.05, 4.69) is 10.0 Å². The Morgan fingerprint density at radius 3 is 2.00 bits per heavy atom. The van der Waals surface area contributed by atoms with Crippen LogP contribution in [-0.4, -0.2) is 28.0 Å². The fourth-order valence-corrected chi connectivity index (χ4v) is 4.04. The lowest BCUT2D eigenvalue weighted by Gasteiger charge is -2.11. The number of carbonyl (C=O) groups is 1. The highest BCUT2D eigenvalue weighted by atomic mass is 32.2. The maximum Gasteiger partial charge on any atom is 0.262 e. The molecule has 0 radical (unpaired) electrons. The van der Waals surface area contributed by atoms with Gasteiger partial charge in [0, 0.05) is 11.4 Å². The summed E-state index contributed by atoms with van der Waals surface area (Å²) in [4.78, 5) is 12.2. The normalized spacial score (nSPS) is 10.9. The molecule has 0 saturated carbocycles. The zero-order valence-electron chi connectivity index (χ0n) is 17.5. The molecule has 0 aliphatic rings. The molecule has 1 amide bonds. The van der Waals surface area contributed by atoms with Gasteiger partial charge in [0.25, 0.3) is 15.9 Å². The standard InChI is InChI=1S/C23H24N2O5S/c1-16-12-17(2)14-19(13-16)24-23(26)15-30-21-8-10-22(11-9-21)31(27,28)25-18-4-6-20(29-3)7-5-18/h4-14,25H,15H2,1-3H3,(H,24,26). The van der Waals surface area contributed by atoms with Crippen molar-refractivity contribution in [3.8, 4) is 11.5 Å². The Labute approximate surface area is 182 Å². The summed E-state index contributed by atoms with van der Waals surface area (Å²) < 4.78 is 38.1. The highest BCUT2D eigenvalue weighted by Crippen LogP contribution is 2.21. The SMILES string of the molecule is COc1ccc(NS(=O)(=O)c2ccc(OCC(=O)Nc3cc(C)cc(C)c3)cc2)cc1. The van der Waals surface area contributed by atoms with Gasteiger partial charge in [0.05, 0.1) is 12.0 Å². The van der Waals surface area contributed by atoms with Crippen LogP contribution in [0.15, 0.2) is 71.6 Å². The first-order valence-electron chi connectivity index (χ1n) is 9.53. The molecule has 0 bridgehead atoms. The molecule has 7 nitrogen and oxygen atoms in total. The Morgan fingerprint density at radius 2 is 1.42 bits per heavy atom. The summed E-state index contributed by atoms with van der Waals surface area (Å²) in [7, 11) is -2.22. The summed E-state index contributed by atoms with van der Waals surface area (Å²) in [6, 6.07) is 18.2. The highest BCUT2D eigenvalue weighted by molar-refractivity contribution is 7.92. The number of aryl methyl sites for hydroxylation is 2. The molecule has 0 fully saturated rings. The van der Waals surface area contributed by atoms with E-state index in [4.69, 9.17) is 9.47 Å². The summed E-state index contributed by atoms with van der Waals surface area (Å²) in [5.74, 6) is 0.716. The molecule has 3 rings (SSSR count). The Morgan fingerprint density at radius 1 is 0.839 bits per heavy atom. The summed E-state index contributed by atoms with van der Waals surface area (Å²) in [6.45, 7) is 3.72. The summed E-state index contributed by atoms with van der Waals surface area (Å²) >= 11 is 0. The summed E-state index contributed by atoms with van der Waals surface area (Å²) in [5, 5.41) is 2.79. The second-order valence-corrected chi connectivity index (χ2v) is 8.70. The molecule has 0 saturated heterocycles. The van der Waals surface area contributed by atoms with E-state index >= 15 is 0 Å². The van der Waals surface area contributed by atoms with Crippen molar-refractivity contribution in [2.24, 2.45) is 0 Å². The van der Waals surface area contributed by atoms with Crippen LogP contribution in [0, 0.1) is 13.8 Å². The van der Waals surface area contributed by atoms with Crippen molar-refractivity contribution < 1.29 is 22.7 Å². The van der Waals surface area contributed by atoms with Crippen molar-refractivity contribution in [2.45, 2.75) is 18.7 Å². The molecule has 0 heterocycles. The van der Waals surface area contributed by atoms with Crippen molar-refractivity contribution in [3.63, 3.8) is 0 Å². The maximum atomic E-state index is 12.5. The topological polar surface area (TPSA) is 93.7 Å². The van der Waals surface area contributed by atoms with Crippen molar-refractivity contribution in [1.29, 1.82) is 0 Å². The van der Waals surface area contributed by atoms with E-state index in [0.717, 1.165) is 11.1 Å². The molecule has 0 aliphatic carbocycles. The minimum absolute atomic E-state index is 0.0790. The second kappa shape index (κ2) is 9.53. The monoisotopic (exact) mass is 440 g/mol. The lowest BCUT2D eigenvalue weighted by atomic mass is 10.1. The van der Waals surface area contributed by atoms with E-state index < -0.39 is 10.0 Å². The summed E-state index contributed by atoms with van der Waals surface area (Å²) in [6.07, 6.45) is 0. The molecule has 2 N–H and O–H groups in total. The zero-order chi connectivity index (χ0) is 22.4. The Kier molecular flexibility index (Phi) is 6.81. The molecule has 0 atom stereocenters. The molecule has 31 heavy (non-hydrogen) atoms. The van der Waals surface area contributed by atoms with Crippen molar-refractivity contribution in [2.75, 3.05) is 23.8 Å². The lowest BCUT2D eigenvalue weighted by molar-refractivity contribution is -0.118. The van der Waals surface area contributed by atoms with Crippen LogP contribution in [0.25, 0.3) is 0 Å². The number of benzene rings is 3. The molecular formula is C23H24N2O5S. The molecule has 3 aromatic rings. The third-order valence-corrected chi connectivity index (χ3v) is 5.75. The smallest absolute Gasteiger partial charge is 0.262 e. The van der Waals surface area contributed by atoms with Crippen molar-refractivity contribution >= 4 is 27.3 Å². The number of hydrogen-bond acceptors (Lipinski definition) is 5. The van der Waals surface area contributed by atoms with E-state index in [1.807, 2.05) is 32.0 Å². The first kappa shape index (κ1) is 22.2. The van der Waals surface area contributed by atoms with E-state index in [-0.39, 0.29) is 17.4 Å². The lowest BCUT2D eigenvalue weighted by Crippen LogP contribution is -2.20. The zero-order valence-corrected chi connectivity index (χ0v) is 18.3. The van der Waals surface area contributed by atoms with Gasteiger partial charge in [-0.2, -0.15) is 0 Å². The van der Waals surface area contributed by atoms with Crippen molar-refractivity contribution in [1.82, 2.24) is 0 Å². The van der Waals surface area contributed by atoms with Crippen LogP contribution in [0.4, 0.5) is 11.4 Å². The van der Waals surface area contributed by atoms with E-state index in [1.165, 1.54) is 31.4 Å². The quantitative estimate of drug-likeness (QED) is 0.549. The number of sulfonamides is 1. The van der Waals surface area contributed by atoms with Gasteiger partial charge in [-0.1, -0.05) is 6.07 Å². The third kappa shape index (κ3) is 6.23. The molecule has 0 unspecified atom stereocenters. The van der Waals surface area contributed by atoms with E-state index in [0.29, 0.717) is 22.9 Å². The van der Waals surface area contributed by atoms with Crippen LogP contribution in [0.2, 0.25) is 0 Å². The van der Waals surface area contributed by atoms with Gasteiger partial charge < -0.3 is 14.8 Å². The first-order valence-corrected chi connectivity index (χ1v) is 11.0. The number of nitrogens with one attached hydrogen (secondary N) is 2. The van der Waals surface area contributed by atoms with Gasteiger partial charge in [-0.3, -0.25) is 9.52 Å². The number of amides is 1. The fourth-order valence-electron chi connectivity index (χ4n) is 2.98. The summed E-state index contributed by atoms with van der Waals surface area (Å²) in [5.41, 5.74) is 3.23. The number of anilines is 2. The molecular weight excluding hydrogens is 416 g/mol. The average Bonchev–Trinajstić information content (AvgIpc) is 2.72. The van der Waals surface area contributed by atoms with Crippen LogP contribution >= 0.6 is 0 Å². The van der Waals surface area contributed by atoms with E-state index in [9.17, 15) is 13.2 Å². The predicted octanol–water partition coefficient (Wildman–Crippen LogP) is 4.13. The van der Waals surface area contributed by atoms with Gasteiger partial charge in [-0.05, 0) is 85.6 Å². The molecule has 0 spiro atoms. The fraction of sp³-hybridized carbons (Fsp3) is 0.174. The van der Waals surface area contributed by atoms with Gasteiger partial charge >= 0.3 is 0 Å². The Balaban J connectivity index is 1.58. The minimum Gasteiger partial charge on any atom is -0.497 e. The predicted molar refractivity (Wildman–Crippen MR) is 120 cm³/mol. The number of hydrogen-bond donors (Lipinski definition) is 2. The van der Waals surface area contributed by atoms with Crippen molar-refractivity contribution in [3.05, 3.63) is 77.9 Å². The van der Waals surface area contributed by atoms with Gasteiger partial charge in [0.1, 0.15) is 11.5 Å². The number of rotatable bonds is 8. The van der Waals surface area contributed by atoms with Gasteiger partial charge in [-0.15, -0.1) is 0 Å². The second-order valence-electron chi connectivity index (χ2n) is 7.02. The van der Waals surface area contributed by atoms with Crippen LogP contribution in [0.3, 0.4) is 0 Å². The molecule has 8 heteroatoms. The van der Waals surface area contributed by atoms with Gasteiger partial charge in [0.15, 0.2) is 6.61 Å². The number of methoxy groups -OCH3 is 1. The van der Waals surface area contributed by atoms with Crippen LogP contribution in [0.5, 0.6) is 11.5 Å². The molecule has 0 aliphatic heterocycles. The maximum absolute atomic E-state index is 12.5. The first-order chi connectivity index (χ1) is 14.7. The highest BCUT2D eigenvalue weighted by Gasteiger charge is 2.14. The van der Waals surface area contributed by atoms with Crippen LogP contribution in [0.1, 0.15) is 11.1 Å². The van der Waals surface area contributed by atoms with Crippen LogP contribution < -0.4 is 19.5 Å². The molecule has 0 aromatic heterocycles. The Bertz CT molecular complexity index is 1140. The van der Waals surface area contributed by atoms with Gasteiger partial charge in [-0.25, -0.2) is 8.42 Å². The molecule has 3 aromatic carbocycles. The Hall–Kier alpha value is -3.52. The number of carbonyl (C=O) groups excluding carboxylic acids is 1. The third-order valence-electron chi connectivity index (χ3n) is 4.35. The largest absolute Gasteiger partial charge is 0.497 e. The number of ether oxygens (including phenoxy) is 2.